The topological polar surface area (TPSA) is 81.9 Å². The van der Waals surface area contributed by atoms with Crippen molar-refractivity contribution in [3.63, 3.8) is 0 Å². The van der Waals surface area contributed by atoms with Crippen LogP contribution in [0.25, 0.3) is 22.2 Å². The Bertz CT molecular complexity index is 1330. The predicted molar refractivity (Wildman–Crippen MR) is 129 cm³/mol. The normalized spacial score (nSPS) is 14.7. The van der Waals surface area contributed by atoms with Gasteiger partial charge < -0.3 is 14.6 Å². The molecule has 1 aliphatic rings. The van der Waals surface area contributed by atoms with E-state index in [-0.39, 0.29) is 11.7 Å². The van der Waals surface area contributed by atoms with Gasteiger partial charge in [0.2, 0.25) is 0 Å². The van der Waals surface area contributed by atoms with Crippen LogP contribution in [-0.2, 0) is 0 Å². The molecule has 1 amide bonds. The molecular weight excluding hydrogens is 476 g/mol. The van der Waals surface area contributed by atoms with E-state index in [0.29, 0.717) is 22.8 Å². The van der Waals surface area contributed by atoms with Crippen molar-refractivity contribution < 1.29 is 18.3 Å². The highest BCUT2D eigenvalue weighted by Gasteiger charge is 2.27. The standard InChI is InChI=1S/C25H22ClF2N5O2/c26-25(27,28)35-20-8-6-18(7-9-20)32-24(34)16-10-21(17-12-29-14-30-13-17)23-22(11-16)31-15-33(23)19-4-2-1-3-5-19/h6-15,19H,1-5H2,(H,32,34). The summed E-state index contributed by atoms with van der Waals surface area (Å²) in [4.78, 5) is 26.0. The molecule has 4 aromatic rings. The molecule has 1 N–H and O–H groups in total. The third-order valence-electron chi connectivity index (χ3n) is 6.12. The maximum Gasteiger partial charge on any atom is 0.487 e. The zero-order valence-electron chi connectivity index (χ0n) is 18.6. The number of carbonyl (C=O) groups excluding carboxylic acids is 1. The van der Waals surface area contributed by atoms with Gasteiger partial charge in [-0.05, 0) is 49.2 Å². The van der Waals surface area contributed by atoms with Crippen molar-refractivity contribution in [1.82, 2.24) is 19.5 Å². The van der Waals surface area contributed by atoms with Gasteiger partial charge in [-0.15, -0.1) is 8.78 Å². The molecule has 7 nitrogen and oxygen atoms in total. The van der Waals surface area contributed by atoms with Gasteiger partial charge in [0.15, 0.2) is 0 Å². The molecule has 0 atom stereocenters. The fourth-order valence-electron chi connectivity index (χ4n) is 4.54. The van der Waals surface area contributed by atoms with Gasteiger partial charge >= 0.3 is 5.57 Å². The van der Waals surface area contributed by atoms with Crippen LogP contribution in [0, 0.1) is 0 Å². The first-order valence-corrected chi connectivity index (χ1v) is 11.7. The molecular formula is C25H22ClF2N5O2. The van der Waals surface area contributed by atoms with E-state index >= 15 is 0 Å². The zero-order valence-corrected chi connectivity index (χ0v) is 19.4. The fraction of sp³-hybridized carbons (Fsp3) is 0.280. The van der Waals surface area contributed by atoms with Gasteiger partial charge in [0.25, 0.3) is 5.91 Å². The Kier molecular flexibility index (Phi) is 6.34. The number of hydrogen-bond acceptors (Lipinski definition) is 5. The third-order valence-corrected chi connectivity index (χ3v) is 6.19. The summed E-state index contributed by atoms with van der Waals surface area (Å²) in [6.45, 7) is 0. The molecule has 10 heteroatoms. The smallest absolute Gasteiger partial charge is 0.420 e. The van der Waals surface area contributed by atoms with Crippen molar-refractivity contribution in [3.8, 4) is 16.9 Å². The lowest BCUT2D eigenvalue weighted by molar-refractivity contribution is -0.0964. The number of alkyl halides is 3. The van der Waals surface area contributed by atoms with E-state index in [9.17, 15) is 13.6 Å². The molecule has 1 aliphatic carbocycles. The van der Waals surface area contributed by atoms with Crippen LogP contribution in [0.3, 0.4) is 0 Å². The number of nitrogens with one attached hydrogen (secondary N) is 1. The van der Waals surface area contributed by atoms with E-state index in [1.807, 2.05) is 12.4 Å². The summed E-state index contributed by atoms with van der Waals surface area (Å²) in [5, 5.41) is 2.78. The number of amides is 1. The quantitative estimate of drug-likeness (QED) is 0.311. The molecule has 0 bridgehead atoms. The lowest BCUT2D eigenvalue weighted by atomic mass is 9.94. The van der Waals surface area contributed by atoms with Gasteiger partial charge in [-0.25, -0.2) is 15.0 Å². The highest BCUT2D eigenvalue weighted by molar-refractivity contribution is 6.20. The number of rotatable bonds is 6. The number of fused-ring (bicyclic) bond motifs is 1. The van der Waals surface area contributed by atoms with Gasteiger partial charge in [-0.2, -0.15) is 0 Å². The number of anilines is 1. The first-order valence-electron chi connectivity index (χ1n) is 11.3. The van der Waals surface area contributed by atoms with Crippen LogP contribution in [0.5, 0.6) is 5.75 Å². The van der Waals surface area contributed by atoms with Gasteiger partial charge in [0.05, 0.1) is 17.4 Å². The monoisotopic (exact) mass is 497 g/mol. The van der Waals surface area contributed by atoms with Crippen LogP contribution in [-0.4, -0.2) is 31.0 Å². The number of aromatic nitrogens is 4. The summed E-state index contributed by atoms with van der Waals surface area (Å²) in [6.07, 6.45) is 12.5. The minimum absolute atomic E-state index is 0.121. The van der Waals surface area contributed by atoms with Crippen LogP contribution < -0.4 is 10.1 Å². The number of benzene rings is 2. The van der Waals surface area contributed by atoms with Crippen LogP contribution in [0.15, 0.2) is 61.4 Å². The Hall–Kier alpha value is -3.59. The summed E-state index contributed by atoms with van der Waals surface area (Å²) in [5.74, 6) is -0.488. The second-order valence-electron chi connectivity index (χ2n) is 8.49. The molecule has 35 heavy (non-hydrogen) atoms. The zero-order chi connectivity index (χ0) is 24.4. The molecule has 5 rings (SSSR count). The first-order chi connectivity index (χ1) is 16.9. The van der Waals surface area contributed by atoms with Gasteiger partial charge in [0.1, 0.15) is 12.1 Å². The van der Waals surface area contributed by atoms with Crippen molar-refractivity contribution in [2.75, 3.05) is 5.32 Å². The molecule has 2 aromatic carbocycles. The Morgan fingerprint density at radius 3 is 2.49 bits per heavy atom. The van der Waals surface area contributed by atoms with E-state index in [4.69, 9.17) is 11.6 Å². The minimum Gasteiger partial charge on any atom is -0.420 e. The number of halogens is 3. The molecule has 0 saturated heterocycles. The summed E-state index contributed by atoms with van der Waals surface area (Å²) >= 11 is 4.79. The molecule has 0 radical (unpaired) electrons. The van der Waals surface area contributed by atoms with Crippen LogP contribution in [0.2, 0.25) is 0 Å². The van der Waals surface area contributed by atoms with E-state index in [1.165, 1.54) is 49.9 Å². The lowest BCUT2D eigenvalue weighted by Gasteiger charge is -2.24. The van der Waals surface area contributed by atoms with Gasteiger partial charge in [-0.3, -0.25) is 4.79 Å². The SMILES string of the molecule is O=C(Nc1ccc(OC(F)(F)Cl)cc1)c1cc(-c2cncnc2)c2c(c1)ncn2C1CCCCC1. The van der Waals surface area contributed by atoms with E-state index in [2.05, 4.69) is 29.6 Å². The second-order valence-corrected chi connectivity index (χ2v) is 8.93. The third kappa shape index (κ3) is 5.24. The largest absolute Gasteiger partial charge is 0.487 e. The highest BCUT2D eigenvalue weighted by Crippen LogP contribution is 2.36. The number of carbonyl (C=O) groups is 1. The number of ether oxygens (including phenoxy) is 1. The lowest BCUT2D eigenvalue weighted by Crippen LogP contribution is -2.16. The number of nitrogens with zero attached hydrogens (tertiary/aromatic N) is 4. The second kappa shape index (κ2) is 9.58. The summed E-state index contributed by atoms with van der Waals surface area (Å²) < 4.78 is 32.2. The van der Waals surface area contributed by atoms with E-state index < -0.39 is 5.57 Å². The molecule has 1 fully saturated rings. The molecule has 0 unspecified atom stereocenters. The average molecular weight is 498 g/mol. The van der Waals surface area contributed by atoms with Crippen molar-refractivity contribution in [3.05, 3.63) is 67.0 Å². The molecule has 2 heterocycles. The van der Waals surface area contributed by atoms with Crippen LogP contribution in [0.4, 0.5) is 14.5 Å². The number of hydrogen-bond donors (Lipinski definition) is 1. The van der Waals surface area contributed by atoms with Crippen LogP contribution in [0.1, 0.15) is 48.5 Å². The average Bonchev–Trinajstić information content (AvgIpc) is 3.29. The van der Waals surface area contributed by atoms with Gasteiger partial charge in [0, 0.05) is 52.4 Å². The Balaban J connectivity index is 1.48. The molecule has 0 aliphatic heterocycles. The molecule has 1 saturated carbocycles. The Morgan fingerprint density at radius 2 is 1.80 bits per heavy atom. The Labute approximate surface area is 205 Å². The maximum atomic E-state index is 13.1. The van der Waals surface area contributed by atoms with Crippen LogP contribution >= 0.6 is 11.6 Å². The molecule has 2 aromatic heterocycles. The van der Waals surface area contributed by atoms with Crippen molar-refractivity contribution >= 4 is 34.2 Å². The summed E-state index contributed by atoms with van der Waals surface area (Å²) in [7, 11) is 0. The first kappa shape index (κ1) is 23.2. The van der Waals surface area contributed by atoms with E-state index in [0.717, 1.165) is 29.5 Å². The van der Waals surface area contributed by atoms with E-state index in [1.54, 1.807) is 18.5 Å². The Morgan fingerprint density at radius 1 is 1.09 bits per heavy atom. The highest BCUT2D eigenvalue weighted by atomic mass is 35.5. The summed E-state index contributed by atoms with van der Waals surface area (Å²) in [6, 6.07) is 9.43. The molecule has 0 spiro atoms. The minimum atomic E-state index is -3.81. The van der Waals surface area contributed by atoms with Crippen molar-refractivity contribution in [2.45, 2.75) is 43.7 Å². The summed E-state index contributed by atoms with van der Waals surface area (Å²) in [5.41, 5.74) is 0.272. The predicted octanol–water partition coefficient (Wildman–Crippen LogP) is 6.42. The number of imidazole rings is 1. The fourth-order valence-corrected chi connectivity index (χ4v) is 4.63. The van der Waals surface area contributed by atoms with Gasteiger partial charge in [-0.1, -0.05) is 19.3 Å². The van der Waals surface area contributed by atoms with Crippen molar-refractivity contribution in [1.29, 1.82) is 0 Å². The molecule has 180 valence electrons. The maximum absolute atomic E-state index is 13.1. The van der Waals surface area contributed by atoms with Crippen molar-refractivity contribution in [2.24, 2.45) is 0 Å².